The number of carbonyl (C=O) groups excluding carboxylic acids is 5. The normalized spacial score (nSPS) is 17.1. The number of unbranched alkanes of at least 4 members (excludes halogenated alkanes) is 2. The summed E-state index contributed by atoms with van der Waals surface area (Å²) in [6, 6.07) is 21.1. The molecule has 2 aromatic heterocycles. The van der Waals surface area contributed by atoms with E-state index in [1.165, 1.54) is 10.5 Å². The van der Waals surface area contributed by atoms with Gasteiger partial charge in [0.15, 0.2) is 0 Å². The molecule has 0 saturated carbocycles. The van der Waals surface area contributed by atoms with Crippen molar-refractivity contribution in [3.63, 3.8) is 0 Å². The number of aromatic nitrogens is 2. The zero-order valence-corrected chi connectivity index (χ0v) is 54.3. The summed E-state index contributed by atoms with van der Waals surface area (Å²) in [5.41, 5.74) is 11.7. The molecule has 21 heteroatoms. The Bertz CT molecular complexity index is 3220. The van der Waals surface area contributed by atoms with Crippen molar-refractivity contribution in [2.45, 2.75) is 144 Å². The largest absolute Gasteiger partial charge is 0.391 e. The number of rotatable bonds is 29. The van der Waals surface area contributed by atoms with E-state index in [1.54, 1.807) is 11.3 Å². The van der Waals surface area contributed by atoms with E-state index in [2.05, 4.69) is 83.2 Å². The number of amides is 5. The molecular formula is C68H94N10O10S. The van der Waals surface area contributed by atoms with Crippen molar-refractivity contribution < 1.29 is 43.3 Å². The van der Waals surface area contributed by atoms with Gasteiger partial charge in [-0.1, -0.05) is 69.3 Å². The van der Waals surface area contributed by atoms with Gasteiger partial charge in [-0.2, -0.15) is 0 Å². The Morgan fingerprint density at radius 3 is 2.16 bits per heavy atom. The molecule has 3 aliphatic heterocycles. The molecule has 5 aromatic rings. The van der Waals surface area contributed by atoms with E-state index in [9.17, 15) is 33.9 Å². The first-order chi connectivity index (χ1) is 42.8. The average Bonchev–Trinajstić information content (AvgIpc) is 1.90. The number of piperazine rings is 1. The number of nitrogens with one attached hydrogen (secondary N) is 5. The van der Waals surface area contributed by atoms with Gasteiger partial charge in [0.1, 0.15) is 12.1 Å². The second-order valence-corrected chi connectivity index (χ2v) is 25.9. The minimum absolute atomic E-state index is 0.00536. The van der Waals surface area contributed by atoms with Crippen LogP contribution in [0.1, 0.15) is 122 Å². The Balaban J connectivity index is 0.682. The lowest BCUT2D eigenvalue weighted by Gasteiger charge is -2.37. The van der Waals surface area contributed by atoms with Crippen molar-refractivity contribution in [3.05, 3.63) is 127 Å². The fraction of sp³-hybridized carbons (Fsp3) is 0.544. The second-order valence-electron chi connectivity index (χ2n) is 25.0. The van der Waals surface area contributed by atoms with Crippen LogP contribution in [0.3, 0.4) is 0 Å². The molecule has 3 fully saturated rings. The van der Waals surface area contributed by atoms with Crippen LogP contribution in [0.4, 0.5) is 5.69 Å². The number of carbonyl (C=O) groups is 5. The number of aliphatic hydroxyl groups excluding tert-OH is 1. The molecule has 5 amide bonds. The van der Waals surface area contributed by atoms with E-state index in [0.29, 0.717) is 63.3 Å². The molecule has 6 N–H and O–H groups in total. The minimum atomic E-state index is -0.930. The van der Waals surface area contributed by atoms with Crippen LogP contribution in [0.15, 0.2) is 77.0 Å². The molecule has 3 aliphatic rings. The molecule has 3 saturated heterocycles. The van der Waals surface area contributed by atoms with Gasteiger partial charge < -0.3 is 55.4 Å². The summed E-state index contributed by atoms with van der Waals surface area (Å²) in [4.78, 5) is 97.1. The van der Waals surface area contributed by atoms with Crippen LogP contribution in [-0.2, 0) is 53.0 Å². The third-order valence-electron chi connectivity index (χ3n) is 17.2. The number of H-pyrrole nitrogens is 1. The standard InChI is InChI=1S/C68H94N10O10S/c1-9-77(54-21-30-87-31-22-54)58-37-53(36-56(47(58)4)64(82)71-40-57-45(2)35-46(3)73-65(57)83)51-17-15-50(16-18-51)41-75-25-27-76(28-26-75)43-61(81)69-24-11-10-12-29-86-33-34-88-32-23-60(80)74-63(68(6,7)8)67(85)78-42-55(79)38-59(78)66(84)70-39-49-13-19-52(20-14-49)62-48(5)72-44-89-62/h13-20,35-37,44,54-55,59,63,79H,9-12,21-34,38-43H2,1-8H3,(H,69,81)(H,70,84)(H,71,82)(H,73,83)(H,74,80)/t55-,59+,63-/m1/s1. The third kappa shape index (κ3) is 19.3. The van der Waals surface area contributed by atoms with E-state index in [-0.39, 0.29) is 68.3 Å². The van der Waals surface area contributed by atoms with Gasteiger partial charge in [0.05, 0.1) is 48.6 Å². The van der Waals surface area contributed by atoms with Crippen LogP contribution in [0.2, 0.25) is 0 Å². The predicted octanol–water partition coefficient (Wildman–Crippen LogP) is 6.97. The summed E-state index contributed by atoms with van der Waals surface area (Å²) >= 11 is 1.57. The number of aliphatic hydroxyl groups is 1. The highest BCUT2D eigenvalue weighted by molar-refractivity contribution is 7.13. The summed E-state index contributed by atoms with van der Waals surface area (Å²) < 4.78 is 17.2. The minimum Gasteiger partial charge on any atom is -0.391 e. The highest BCUT2D eigenvalue weighted by Crippen LogP contribution is 2.35. The van der Waals surface area contributed by atoms with Crippen LogP contribution in [0, 0.1) is 33.1 Å². The lowest BCUT2D eigenvalue weighted by Crippen LogP contribution is -2.57. The number of benzene rings is 3. The van der Waals surface area contributed by atoms with Gasteiger partial charge in [0.25, 0.3) is 11.5 Å². The molecule has 8 rings (SSSR count). The number of aryl methyl sites for hydroxylation is 3. The van der Waals surface area contributed by atoms with E-state index >= 15 is 0 Å². The molecule has 3 aromatic carbocycles. The van der Waals surface area contributed by atoms with Crippen molar-refractivity contribution in [3.8, 4) is 21.6 Å². The molecule has 0 radical (unpaired) electrons. The maximum absolute atomic E-state index is 14.0. The quantitative estimate of drug-likeness (QED) is 0.0265. The van der Waals surface area contributed by atoms with Crippen LogP contribution >= 0.6 is 11.3 Å². The molecule has 0 bridgehead atoms. The molecule has 0 unspecified atom stereocenters. The molecular weight excluding hydrogens is 1150 g/mol. The number of hydrogen-bond acceptors (Lipinski definition) is 15. The van der Waals surface area contributed by atoms with Gasteiger partial charge in [0, 0.05) is 127 Å². The zero-order valence-electron chi connectivity index (χ0n) is 53.5. The number of nitrogens with zero attached hydrogens (tertiary/aromatic N) is 5. The maximum Gasteiger partial charge on any atom is 0.253 e. The first-order valence-electron chi connectivity index (χ1n) is 31.7. The maximum atomic E-state index is 14.0. The Morgan fingerprint density at radius 2 is 1.48 bits per heavy atom. The van der Waals surface area contributed by atoms with Gasteiger partial charge in [-0.05, 0) is 129 Å². The molecule has 3 atom stereocenters. The van der Waals surface area contributed by atoms with E-state index in [0.717, 1.165) is 127 Å². The molecule has 482 valence electrons. The first-order valence-corrected chi connectivity index (χ1v) is 32.6. The molecule has 0 aliphatic carbocycles. The van der Waals surface area contributed by atoms with Gasteiger partial charge in [-0.3, -0.25) is 38.6 Å². The second kappa shape index (κ2) is 32.8. The highest BCUT2D eigenvalue weighted by Gasteiger charge is 2.44. The Kier molecular flexibility index (Phi) is 25.1. The number of anilines is 1. The Labute approximate surface area is 528 Å². The van der Waals surface area contributed by atoms with E-state index in [4.69, 9.17) is 14.2 Å². The first kappa shape index (κ1) is 68.1. The fourth-order valence-corrected chi connectivity index (χ4v) is 12.9. The van der Waals surface area contributed by atoms with Crippen molar-refractivity contribution in [1.82, 2.24) is 45.9 Å². The van der Waals surface area contributed by atoms with E-state index in [1.807, 2.05) is 90.4 Å². The predicted molar refractivity (Wildman–Crippen MR) is 348 cm³/mol. The van der Waals surface area contributed by atoms with Crippen molar-refractivity contribution >= 4 is 46.6 Å². The van der Waals surface area contributed by atoms with Crippen LogP contribution in [-0.4, -0.2) is 176 Å². The summed E-state index contributed by atoms with van der Waals surface area (Å²) in [5, 5.41) is 22.6. The number of aromatic amines is 1. The summed E-state index contributed by atoms with van der Waals surface area (Å²) in [7, 11) is 0. The van der Waals surface area contributed by atoms with Crippen LogP contribution in [0.5, 0.6) is 0 Å². The van der Waals surface area contributed by atoms with Gasteiger partial charge >= 0.3 is 0 Å². The Hall–Kier alpha value is -6.85. The van der Waals surface area contributed by atoms with Gasteiger partial charge in [0.2, 0.25) is 23.6 Å². The number of likely N-dealkylation sites (tertiary alicyclic amines) is 1. The van der Waals surface area contributed by atoms with Crippen molar-refractivity contribution in [1.29, 1.82) is 0 Å². The van der Waals surface area contributed by atoms with E-state index < -0.39 is 29.5 Å². The molecule has 89 heavy (non-hydrogen) atoms. The topological polar surface area (TPSA) is 240 Å². The average molecular weight is 1240 g/mol. The highest BCUT2D eigenvalue weighted by atomic mass is 32.1. The lowest BCUT2D eigenvalue weighted by molar-refractivity contribution is -0.144. The monoisotopic (exact) mass is 1240 g/mol. The van der Waals surface area contributed by atoms with Crippen LogP contribution < -0.4 is 31.7 Å². The summed E-state index contributed by atoms with van der Waals surface area (Å²) in [5.74, 6) is -1.32. The number of hydrogen-bond donors (Lipinski definition) is 6. The third-order valence-corrected chi connectivity index (χ3v) is 18.2. The van der Waals surface area contributed by atoms with Gasteiger partial charge in [-0.25, -0.2) is 4.98 Å². The Morgan fingerprint density at radius 1 is 0.798 bits per heavy atom. The zero-order chi connectivity index (χ0) is 63.6. The summed E-state index contributed by atoms with van der Waals surface area (Å²) in [6.07, 6.45) is 3.69. The number of ether oxygens (including phenoxy) is 3. The van der Waals surface area contributed by atoms with Crippen LogP contribution in [0.25, 0.3) is 21.6 Å². The SMILES string of the molecule is CCN(c1cc(-c2ccc(CN3CCN(CC(=O)NCCCCCOCCOCCC(=O)N[C@H](C(=O)N4C[C@H](O)C[C@H]4C(=O)NCc4ccc(-c5scnc5C)cc4)C(C)(C)C)CC3)cc2)cc(C(=O)NCc2c(C)cc(C)[nH]c2=O)c1C)C1CCOCC1. The number of thiazole rings is 1. The summed E-state index contributed by atoms with van der Waals surface area (Å²) in [6.45, 7) is 24.5. The molecule has 20 nitrogen and oxygen atoms in total. The smallest absolute Gasteiger partial charge is 0.253 e. The lowest BCUT2D eigenvalue weighted by atomic mass is 9.85. The molecule has 5 heterocycles. The fourth-order valence-electron chi connectivity index (χ4n) is 12.0. The van der Waals surface area contributed by atoms with Gasteiger partial charge in [-0.15, -0.1) is 11.3 Å². The van der Waals surface area contributed by atoms with Crippen molar-refractivity contribution in [2.24, 2.45) is 5.41 Å². The van der Waals surface area contributed by atoms with Crippen molar-refractivity contribution in [2.75, 3.05) is 96.9 Å². The number of pyridine rings is 1. The molecule has 0 spiro atoms. The number of β-amino-alcohol motifs (C(OH)–C–C–N with tert-alkyl or cyclic N) is 1.